The summed E-state index contributed by atoms with van der Waals surface area (Å²) in [7, 11) is 1.69. The van der Waals surface area contributed by atoms with Crippen LogP contribution >= 0.6 is 0 Å². The molecule has 3 fully saturated rings. The fourth-order valence-electron chi connectivity index (χ4n) is 3.43. The van der Waals surface area contributed by atoms with Gasteiger partial charge in [0.25, 0.3) is 0 Å². The van der Waals surface area contributed by atoms with E-state index in [4.69, 9.17) is 8.92 Å². The molecule has 5 atom stereocenters. The SMILES string of the molecule is CO[S+]1CC12CC2c1ccc(N2CC(COS(=O)[O-])OC2=O)cc1F. The Balaban J connectivity index is 1.44. The van der Waals surface area contributed by atoms with E-state index in [0.29, 0.717) is 11.3 Å². The molecule has 1 aromatic carbocycles. The number of ether oxygens (including phenoxy) is 1. The number of carbonyl (C=O) groups is 1. The molecule has 0 bridgehead atoms. The van der Waals surface area contributed by atoms with Crippen LogP contribution in [-0.2, 0) is 35.6 Å². The van der Waals surface area contributed by atoms with Gasteiger partial charge in [0.1, 0.15) is 18.5 Å². The summed E-state index contributed by atoms with van der Waals surface area (Å²) in [5.74, 6) is 0.832. The zero-order chi connectivity index (χ0) is 17.8. The first-order valence-electron chi connectivity index (χ1n) is 7.70. The van der Waals surface area contributed by atoms with Crippen molar-refractivity contribution < 1.29 is 31.0 Å². The van der Waals surface area contributed by atoms with Gasteiger partial charge in [0, 0.05) is 6.42 Å². The van der Waals surface area contributed by atoms with Crippen molar-refractivity contribution >= 4 is 34.3 Å². The average molecular weight is 389 g/mol. The van der Waals surface area contributed by atoms with Gasteiger partial charge in [-0.1, -0.05) is 6.07 Å². The molecule has 7 nitrogen and oxygen atoms in total. The number of hydrogen-bond acceptors (Lipinski definition) is 6. The number of anilines is 1. The first-order chi connectivity index (χ1) is 11.9. The summed E-state index contributed by atoms with van der Waals surface area (Å²) in [6, 6.07) is 4.72. The highest BCUT2D eigenvalue weighted by Gasteiger charge is 2.85. The van der Waals surface area contributed by atoms with Gasteiger partial charge in [-0.3, -0.25) is 9.08 Å². The van der Waals surface area contributed by atoms with Crippen molar-refractivity contribution in [1.82, 2.24) is 0 Å². The fourth-order valence-corrected chi connectivity index (χ4v) is 5.78. The molecule has 1 spiro atoms. The second kappa shape index (κ2) is 6.20. The van der Waals surface area contributed by atoms with Gasteiger partial charge >= 0.3 is 6.09 Å². The Morgan fingerprint density at radius 3 is 3.00 bits per heavy atom. The maximum Gasteiger partial charge on any atom is 0.414 e. The number of nitrogens with zero attached hydrogens (tertiary/aromatic N) is 1. The van der Waals surface area contributed by atoms with E-state index in [1.807, 2.05) is 0 Å². The van der Waals surface area contributed by atoms with Crippen molar-refractivity contribution in [2.24, 2.45) is 0 Å². The van der Waals surface area contributed by atoms with Crippen LogP contribution in [-0.4, -0.2) is 51.7 Å². The summed E-state index contributed by atoms with van der Waals surface area (Å²) >= 11 is -2.72. The third kappa shape index (κ3) is 3.06. The van der Waals surface area contributed by atoms with Crippen LogP contribution in [0.2, 0.25) is 0 Å². The lowest BCUT2D eigenvalue weighted by Gasteiger charge is -2.14. The lowest BCUT2D eigenvalue weighted by molar-refractivity contribution is 0.106. The van der Waals surface area contributed by atoms with Crippen LogP contribution in [0.3, 0.4) is 0 Å². The smallest absolute Gasteiger partial charge is 0.414 e. The standard InChI is InChI=1S/C15H16FNO6S2/c1-21-24-8-15(24)5-12(15)11-3-2-9(4-13(11)16)17-6-10(23-14(17)18)7-22-25(19)20/h2-4,10,12H,5-8H2,1H3. The molecule has 0 N–H and O–H groups in total. The molecule has 4 rings (SSSR count). The number of rotatable bonds is 6. The third-order valence-electron chi connectivity index (χ3n) is 4.86. The minimum Gasteiger partial charge on any atom is -0.750 e. The summed E-state index contributed by atoms with van der Waals surface area (Å²) in [6.07, 6.45) is -0.420. The molecular formula is C15H16FNO6S2. The molecule has 0 aromatic heterocycles. The molecule has 136 valence electrons. The Kier molecular flexibility index (Phi) is 4.27. The van der Waals surface area contributed by atoms with Gasteiger partial charge in [0.2, 0.25) is 4.75 Å². The number of halogens is 1. The Morgan fingerprint density at radius 1 is 1.56 bits per heavy atom. The van der Waals surface area contributed by atoms with Crippen LogP contribution < -0.4 is 4.90 Å². The Morgan fingerprint density at radius 2 is 2.36 bits per heavy atom. The molecule has 1 amide bonds. The Bertz CT molecular complexity index is 749. The minimum absolute atomic E-state index is 0.0503. The summed E-state index contributed by atoms with van der Waals surface area (Å²) in [6.45, 7) is -0.155. The summed E-state index contributed by atoms with van der Waals surface area (Å²) in [4.78, 5) is 13.2. The van der Waals surface area contributed by atoms with E-state index >= 15 is 0 Å². The topological polar surface area (TPSA) is 88.1 Å². The lowest BCUT2D eigenvalue weighted by Crippen LogP contribution is -2.26. The molecule has 2 heterocycles. The first-order valence-corrected chi connectivity index (χ1v) is 10.0. The van der Waals surface area contributed by atoms with Gasteiger partial charge in [0.05, 0.1) is 36.6 Å². The zero-order valence-electron chi connectivity index (χ0n) is 13.3. The van der Waals surface area contributed by atoms with Gasteiger partial charge in [-0.05, 0) is 17.7 Å². The van der Waals surface area contributed by atoms with Crippen LogP contribution in [0.4, 0.5) is 14.9 Å². The molecule has 25 heavy (non-hydrogen) atoms. The predicted molar refractivity (Wildman–Crippen MR) is 88.2 cm³/mol. The van der Waals surface area contributed by atoms with Crippen molar-refractivity contribution in [3.8, 4) is 0 Å². The Labute approximate surface area is 149 Å². The van der Waals surface area contributed by atoms with Crippen LogP contribution in [0, 0.1) is 5.82 Å². The van der Waals surface area contributed by atoms with E-state index in [9.17, 15) is 17.9 Å². The summed E-state index contributed by atoms with van der Waals surface area (Å²) in [5, 5.41) is 0. The number of amides is 1. The summed E-state index contributed by atoms with van der Waals surface area (Å²) in [5.41, 5.74) is 1.04. The zero-order valence-corrected chi connectivity index (χ0v) is 14.9. The normalized spacial score (nSPS) is 34.3. The van der Waals surface area contributed by atoms with Gasteiger partial charge < -0.3 is 9.29 Å². The molecule has 3 aliphatic rings. The van der Waals surface area contributed by atoms with E-state index in [-0.39, 0.29) is 40.8 Å². The second-order valence-corrected chi connectivity index (χ2v) is 9.06. The van der Waals surface area contributed by atoms with Crippen molar-refractivity contribution in [3.63, 3.8) is 0 Å². The van der Waals surface area contributed by atoms with E-state index in [1.165, 1.54) is 11.0 Å². The quantitative estimate of drug-likeness (QED) is 0.415. The lowest BCUT2D eigenvalue weighted by atomic mass is 10.1. The highest BCUT2D eigenvalue weighted by atomic mass is 32.2. The van der Waals surface area contributed by atoms with Crippen molar-refractivity contribution in [1.29, 1.82) is 0 Å². The maximum absolute atomic E-state index is 14.6. The van der Waals surface area contributed by atoms with Gasteiger partial charge in [0.15, 0.2) is 16.9 Å². The van der Waals surface area contributed by atoms with Crippen molar-refractivity contribution in [3.05, 3.63) is 29.6 Å². The second-order valence-electron chi connectivity index (χ2n) is 6.29. The van der Waals surface area contributed by atoms with E-state index < -0.39 is 23.6 Å². The average Bonchev–Trinajstić information content (AvgIpc) is 3.44. The molecule has 1 saturated carbocycles. The molecule has 0 radical (unpaired) electrons. The minimum atomic E-state index is -2.67. The van der Waals surface area contributed by atoms with Crippen LogP contribution in [0.5, 0.6) is 0 Å². The van der Waals surface area contributed by atoms with Gasteiger partial charge in [-0.2, -0.15) is 4.18 Å². The molecule has 10 heteroatoms. The van der Waals surface area contributed by atoms with E-state index in [1.54, 1.807) is 19.2 Å². The molecule has 2 saturated heterocycles. The largest absolute Gasteiger partial charge is 0.750 e. The highest BCUT2D eigenvalue weighted by molar-refractivity contribution is 8.01. The van der Waals surface area contributed by atoms with Crippen LogP contribution in [0.25, 0.3) is 0 Å². The number of cyclic esters (lactones) is 1. The van der Waals surface area contributed by atoms with Crippen molar-refractivity contribution in [2.75, 3.05) is 30.9 Å². The monoisotopic (exact) mass is 389 g/mol. The fraction of sp³-hybridized carbons (Fsp3) is 0.533. The Hall–Kier alpha value is -1.20. The van der Waals surface area contributed by atoms with Gasteiger partial charge in [-0.15, -0.1) is 0 Å². The highest BCUT2D eigenvalue weighted by Crippen LogP contribution is 2.68. The first kappa shape index (κ1) is 17.2. The van der Waals surface area contributed by atoms with Crippen LogP contribution in [0.15, 0.2) is 18.2 Å². The predicted octanol–water partition coefficient (Wildman–Crippen LogP) is 1.38. The van der Waals surface area contributed by atoms with Crippen molar-refractivity contribution in [2.45, 2.75) is 23.2 Å². The van der Waals surface area contributed by atoms with E-state index in [2.05, 4.69) is 4.18 Å². The molecule has 1 aliphatic carbocycles. The summed E-state index contributed by atoms with van der Waals surface area (Å²) < 4.78 is 50.3. The molecule has 2 aliphatic heterocycles. The molecule has 5 unspecified atom stereocenters. The van der Waals surface area contributed by atoms with E-state index in [0.717, 1.165) is 12.2 Å². The number of carbonyl (C=O) groups excluding carboxylic acids is 1. The van der Waals surface area contributed by atoms with Gasteiger partial charge in [-0.25, -0.2) is 13.4 Å². The van der Waals surface area contributed by atoms with Crippen LogP contribution in [0.1, 0.15) is 17.9 Å². The number of hydrogen-bond donors (Lipinski definition) is 0. The maximum atomic E-state index is 14.6. The molecule has 1 aromatic rings. The third-order valence-corrected chi connectivity index (χ3v) is 7.52. The number of benzene rings is 1. The molecular weight excluding hydrogens is 373 g/mol.